The molecule has 0 saturated carbocycles. The number of benzene rings is 1. The van der Waals surface area contributed by atoms with E-state index in [-0.39, 0.29) is 11.9 Å². The van der Waals surface area contributed by atoms with Gasteiger partial charge in [-0.25, -0.2) is 0 Å². The van der Waals surface area contributed by atoms with Crippen molar-refractivity contribution in [2.45, 2.75) is 19.9 Å². The Morgan fingerprint density at radius 1 is 1.29 bits per heavy atom. The number of carbonyl (C=O) groups is 1. The lowest BCUT2D eigenvalue weighted by Crippen LogP contribution is -2.47. The number of aromatic nitrogens is 1. The Hall–Kier alpha value is -2.18. The van der Waals surface area contributed by atoms with Gasteiger partial charge in [-0.1, -0.05) is 35.0 Å². The Balaban J connectivity index is 1.56. The van der Waals surface area contributed by atoms with E-state index in [0.29, 0.717) is 18.0 Å². The predicted octanol–water partition coefficient (Wildman–Crippen LogP) is 2.10. The fraction of sp³-hybridized carbons (Fsp3) is 0.444. The number of nitrogens with one attached hydrogen (secondary N) is 1. The first-order valence-electron chi connectivity index (χ1n) is 8.27. The fourth-order valence-corrected chi connectivity index (χ4v) is 2.71. The van der Waals surface area contributed by atoms with Crippen LogP contribution in [-0.2, 0) is 4.74 Å². The van der Waals surface area contributed by atoms with Crippen molar-refractivity contribution in [1.29, 1.82) is 0 Å². The zero-order valence-electron chi connectivity index (χ0n) is 14.1. The molecule has 1 amide bonds. The van der Waals surface area contributed by atoms with Crippen LogP contribution in [0.3, 0.4) is 0 Å². The van der Waals surface area contributed by atoms with Gasteiger partial charge in [-0.3, -0.25) is 9.69 Å². The van der Waals surface area contributed by atoms with E-state index in [1.165, 1.54) is 5.56 Å². The third kappa shape index (κ3) is 4.01. The zero-order valence-corrected chi connectivity index (χ0v) is 14.1. The third-order valence-electron chi connectivity index (χ3n) is 4.31. The van der Waals surface area contributed by atoms with E-state index >= 15 is 0 Å². The number of hydrogen-bond acceptors (Lipinski definition) is 5. The van der Waals surface area contributed by atoms with Crippen LogP contribution in [-0.4, -0.2) is 54.9 Å². The molecule has 0 spiro atoms. The lowest BCUT2D eigenvalue weighted by molar-refractivity contribution is 0.0204. The number of aryl methyl sites for hydroxylation is 1. The van der Waals surface area contributed by atoms with Crippen molar-refractivity contribution in [3.05, 3.63) is 41.6 Å². The Morgan fingerprint density at radius 3 is 2.71 bits per heavy atom. The minimum Gasteiger partial charge on any atom is -0.379 e. The molecule has 128 valence electrons. The van der Waals surface area contributed by atoms with Gasteiger partial charge in [0.15, 0.2) is 11.5 Å². The number of amides is 1. The standard InChI is InChI=1S/C18H23N3O3/c1-13-3-5-15(6-4-13)17-11-16(20-24-17)18(22)19-12-14(2)21-7-9-23-10-8-21/h3-6,11,14H,7-10,12H2,1-2H3,(H,19,22)/t14-/m0/s1. The molecule has 6 heteroatoms. The number of carbonyl (C=O) groups excluding carboxylic acids is 1. The maximum atomic E-state index is 12.3. The summed E-state index contributed by atoms with van der Waals surface area (Å²) in [5.74, 6) is 0.388. The second-order valence-electron chi connectivity index (χ2n) is 6.15. The quantitative estimate of drug-likeness (QED) is 0.910. The van der Waals surface area contributed by atoms with Crippen molar-refractivity contribution in [2.24, 2.45) is 0 Å². The molecule has 6 nitrogen and oxygen atoms in total. The summed E-state index contributed by atoms with van der Waals surface area (Å²) in [5, 5.41) is 6.81. The van der Waals surface area contributed by atoms with Crippen LogP contribution in [0, 0.1) is 6.92 Å². The molecule has 0 aliphatic carbocycles. The predicted molar refractivity (Wildman–Crippen MR) is 90.9 cm³/mol. The fourth-order valence-electron chi connectivity index (χ4n) is 2.71. The first-order valence-corrected chi connectivity index (χ1v) is 8.27. The highest BCUT2D eigenvalue weighted by Crippen LogP contribution is 2.20. The number of rotatable bonds is 5. The van der Waals surface area contributed by atoms with Crippen molar-refractivity contribution in [3.8, 4) is 11.3 Å². The maximum absolute atomic E-state index is 12.3. The Labute approximate surface area is 141 Å². The van der Waals surface area contributed by atoms with Gasteiger partial charge in [0.25, 0.3) is 5.91 Å². The Morgan fingerprint density at radius 2 is 2.00 bits per heavy atom. The van der Waals surface area contributed by atoms with Gasteiger partial charge >= 0.3 is 0 Å². The van der Waals surface area contributed by atoms with Gasteiger partial charge in [-0.15, -0.1) is 0 Å². The lowest BCUT2D eigenvalue weighted by Gasteiger charge is -2.32. The summed E-state index contributed by atoms with van der Waals surface area (Å²) in [5.41, 5.74) is 2.39. The van der Waals surface area contributed by atoms with Gasteiger partial charge < -0.3 is 14.6 Å². The summed E-state index contributed by atoms with van der Waals surface area (Å²) in [4.78, 5) is 14.6. The van der Waals surface area contributed by atoms with E-state index in [0.717, 1.165) is 31.9 Å². The molecule has 1 saturated heterocycles. The molecule has 1 fully saturated rings. The summed E-state index contributed by atoms with van der Waals surface area (Å²) >= 11 is 0. The molecule has 1 atom stereocenters. The molecule has 1 aliphatic heterocycles. The highest BCUT2D eigenvalue weighted by molar-refractivity contribution is 5.93. The largest absolute Gasteiger partial charge is 0.379 e. The van der Waals surface area contributed by atoms with E-state index in [9.17, 15) is 4.79 Å². The Kier molecular flexibility index (Phi) is 5.27. The van der Waals surface area contributed by atoms with Crippen LogP contribution >= 0.6 is 0 Å². The average Bonchev–Trinajstić information content (AvgIpc) is 3.11. The van der Waals surface area contributed by atoms with E-state index in [1.807, 2.05) is 31.2 Å². The molecular formula is C18H23N3O3. The molecule has 1 aliphatic rings. The van der Waals surface area contributed by atoms with Crippen molar-refractivity contribution in [1.82, 2.24) is 15.4 Å². The number of ether oxygens (including phenoxy) is 1. The molecule has 1 aromatic carbocycles. The molecule has 1 aromatic heterocycles. The van der Waals surface area contributed by atoms with Gasteiger partial charge in [0.2, 0.25) is 0 Å². The minimum absolute atomic E-state index is 0.211. The van der Waals surface area contributed by atoms with Gasteiger partial charge in [0.1, 0.15) is 0 Å². The molecule has 2 heterocycles. The van der Waals surface area contributed by atoms with Gasteiger partial charge in [0, 0.05) is 37.3 Å². The molecule has 2 aromatic rings. The molecule has 1 N–H and O–H groups in total. The first-order chi connectivity index (χ1) is 11.6. The number of hydrogen-bond donors (Lipinski definition) is 1. The summed E-state index contributed by atoms with van der Waals surface area (Å²) in [6.07, 6.45) is 0. The van der Waals surface area contributed by atoms with Gasteiger partial charge in [-0.2, -0.15) is 0 Å². The summed E-state index contributed by atoms with van der Waals surface area (Å²) in [7, 11) is 0. The summed E-state index contributed by atoms with van der Waals surface area (Å²) < 4.78 is 10.6. The van der Waals surface area contributed by atoms with Crippen LogP contribution in [0.4, 0.5) is 0 Å². The van der Waals surface area contributed by atoms with Crippen LogP contribution in [0.15, 0.2) is 34.9 Å². The number of morpholine rings is 1. The lowest BCUT2D eigenvalue weighted by atomic mass is 10.1. The molecule has 0 bridgehead atoms. The van der Waals surface area contributed by atoms with Gasteiger partial charge in [-0.05, 0) is 13.8 Å². The van der Waals surface area contributed by atoms with Crippen molar-refractivity contribution in [3.63, 3.8) is 0 Å². The van der Waals surface area contributed by atoms with Gasteiger partial charge in [0.05, 0.1) is 13.2 Å². The van der Waals surface area contributed by atoms with Crippen LogP contribution in [0.25, 0.3) is 11.3 Å². The molecule has 0 unspecified atom stereocenters. The molecule has 0 radical (unpaired) electrons. The smallest absolute Gasteiger partial charge is 0.273 e. The van der Waals surface area contributed by atoms with E-state index in [1.54, 1.807) is 6.07 Å². The monoisotopic (exact) mass is 329 g/mol. The number of nitrogens with zero attached hydrogens (tertiary/aromatic N) is 2. The average molecular weight is 329 g/mol. The van der Waals surface area contributed by atoms with Crippen molar-refractivity contribution in [2.75, 3.05) is 32.8 Å². The molecule has 24 heavy (non-hydrogen) atoms. The first kappa shape index (κ1) is 16.7. The SMILES string of the molecule is Cc1ccc(-c2cc(C(=O)NC[C@H](C)N3CCOCC3)no2)cc1. The Bertz CT molecular complexity index is 675. The van der Waals surface area contributed by atoms with Crippen LogP contribution in [0.1, 0.15) is 23.0 Å². The topological polar surface area (TPSA) is 67.6 Å². The van der Waals surface area contributed by atoms with E-state index < -0.39 is 0 Å². The summed E-state index contributed by atoms with van der Waals surface area (Å²) in [6.45, 7) is 8.01. The minimum atomic E-state index is -0.211. The zero-order chi connectivity index (χ0) is 16.9. The summed E-state index contributed by atoms with van der Waals surface area (Å²) in [6, 6.07) is 9.86. The molecular weight excluding hydrogens is 306 g/mol. The second kappa shape index (κ2) is 7.59. The third-order valence-corrected chi connectivity index (χ3v) is 4.31. The highest BCUT2D eigenvalue weighted by Gasteiger charge is 2.19. The normalized spacial score (nSPS) is 16.8. The van der Waals surface area contributed by atoms with Crippen LogP contribution < -0.4 is 5.32 Å². The second-order valence-corrected chi connectivity index (χ2v) is 6.15. The van der Waals surface area contributed by atoms with Crippen molar-refractivity contribution < 1.29 is 14.1 Å². The van der Waals surface area contributed by atoms with Crippen LogP contribution in [0.5, 0.6) is 0 Å². The molecule has 3 rings (SSSR count). The maximum Gasteiger partial charge on any atom is 0.273 e. The van der Waals surface area contributed by atoms with E-state index in [2.05, 4.69) is 22.3 Å². The van der Waals surface area contributed by atoms with Crippen LogP contribution in [0.2, 0.25) is 0 Å². The highest BCUT2D eigenvalue weighted by atomic mass is 16.5. The van der Waals surface area contributed by atoms with E-state index in [4.69, 9.17) is 9.26 Å². The van der Waals surface area contributed by atoms with Crippen molar-refractivity contribution >= 4 is 5.91 Å².